The summed E-state index contributed by atoms with van der Waals surface area (Å²) in [6.45, 7) is 0. The Labute approximate surface area is 104 Å². The average Bonchev–Trinajstić information content (AvgIpc) is 2.94. The van der Waals surface area contributed by atoms with Crippen LogP contribution in [0.25, 0.3) is 0 Å². The van der Waals surface area contributed by atoms with Crippen LogP contribution in [0.3, 0.4) is 0 Å². The molecule has 0 aliphatic rings. The Bertz CT molecular complexity index is 572. The number of aliphatic hydroxyl groups is 1. The second kappa shape index (κ2) is 5.58. The maximum atomic E-state index is 11.8. The van der Waals surface area contributed by atoms with Crippen molar-refractivity contribution in [3.63, 3.8) is 0 Å². The minimum atomic E-state index is -0.415. The third kappa shape index (κ3) is 2.70. The molecule has 0 unspecified atom stereocenters. The molecule has 2 N–H and O–H groups in total. The molecule has 0 spiro atoms. The summed E-state index contributed by atoms with van der Waals surface area (Å²) in [5, 5.41) is 16.6. The number of ketones is 1. The predicted molar refractivity (Wildman–Crippen MR) is 66.8 cm³/mol. The fourth-order valence-corrected chi connectivity index (χ4v) is 1.35. The third-order valence-electron chi connectivity index (χ3n) is 2.23. The summed E-state index contributed by atoms with van der Waals surface area (Å²) in [4.78, 5) is 14.6. The van der Waals surface area contributed by atoms with Gasteiger partial charge in [-0.05, 0) is 24.3 Å². The molecule has 0 fully saturated rings. The summed E-state index contributed by atoms with van der Waals surface area (Å²) in [6, 6.07) is 12.3. The largest absolute Gasteiger partial charge is 0.513 e. The lowest BCUT2D eigenvalue weighted by atomic mass is 10.2. The zero-order valence-corrected chi connectivity index (χ0v) is 9.45. The summed E-state index contributed by atoms with van der Waals surface area (Å²) in [7, 11) is 0. The number of H-pyrrole nitrogens is 1. The van der Waals surface area contributed by atoms with E-state index in [0.717, 1.165) is 0 Å². The van der Waals surface area contributed by atoms with Crippen LogP contribution in [0.5, 0.6) is 0 Å². The van der Waals surface area contributed by atoms with Gasteiger partial charge in [-0.15, -0.1) is 5.11 Å². The Morgan fingerprint density at radius 3 is 2.56 bits per heavy atom. The normalized spacial score (nSPS) is 11.9. The minimum Gasteiger partial charge on any atom is -0.513 e. The molecule has 1 aromatic carbocycles. The van der Waals surface area contributed by atoms with Crippen LogP contribution >= 0.6 is 0 Å². The fraction of sp³-hybridized carbons (Fsp3) is 0. The van der Waals surface area contributed by atoms with Gasteiger partial charge in [0.1, 0.15) is 6.26 Å². The summed E-state index contributed by atoms with van der Waals surface area (Å²) < 4.78 is 0. The SMILES string of the molecule is O=C(/C(=C/O)N=Nc1ccccc1)c1ccc[nH]1. The molecule has 0 aliphatic heterocycles. The predicted octanol–water partition coefficient (Wildman–Crippen LogP) is 3.38. The molecule has 0 bridgehead atoms. The highest BCUT2D eigenvalue weighted by Crippen LogP contribution is 2.14. The highest BCUT2D eigenvalue weighted by atomic mass is 16.2. The number of nitrogens with zero attached hydrogens (tertiary/aromatic N) is 2. The second-order valence-electron chi connectivity index (χ2n) is 3.46. The Hall–Kier alpha value is -2.69. The highest BCUT2D eigenvalue weighted by Gasteiger charge is 2.12. The van der Waals surface area contributed by atoms with Crippen molar-refractivity contribution >= 4 is 11.5 Å². The number of benzene rings is 1. The van der Waals surface area contributed by atoms with Gasteiger partial charge in [0.15, 0.2) is 5.70 Å². The van der Waals surface area contributed by atoms with Gasteiger partial charge in [0, 0.05) is 6.20 Å². The van der Waals surface area contributed by atoms with E-state index >= 15 is 0 Å². The number of Topliss-reactive ketones (excluding diaryl/α,β-unsaturated/α-hetero) is 1. The maximum absolute atomic E-state index is 11.8. The maximum Gasteiger partial charge on any atom is 0.232 e. The minimum absolute atomic E-state index is 0.124. The number of aliphatic hydroxyl groups excluding tert-OH is 1. The molecule has 1 aromatic heterocycles. The van der Waals surface area contributed by atoms with Crippen molar-refractivity contribution in [2.45, 2.75) is 0 Å². The average molecular weight is 241 g/mol. The van der Waals surface area contributed by atoms with Crippen molar-refractivity contribution in [1.82, 2.24) is 4.98 Å². The molecule has 0 aliphatic carbocycles. The number of carbonyl (C=O) groups excluding carboxylic acids is 1. The van der Waals surface area contributed by atoms with Crippen LogP contribution in [0.1, 0.15) is 10.5 Å². The van der Waals surface area contributed by atoms with Crippen LogP contribution in [0, 0.1) is 0 Å². The van der Waals surface area contributed by atoms with Gasteiger partial charge in [0.25, 0.3) is 0 Å². The Morgan fingerprint density at radius 1 is 1.17 bits per heavy atom. The number of rotatable bonds is 4. The first-order valence-electron chi connectivity index (χ1n) is 5.30. The first-order chi connectivity index (χ1) is 8.81. The Kier molecular flexibility index (Phi) is 3.66. The monoisotopic (exact) mass is 241 g/mol. The summed E-state index contributed by atoms with van der Waals surface area (Å²) in [5.41, 5.74) is 0.833. The van der Waals surface area contributed by atoms with Crippen molar-refractivity contribution in [2.24, 2.45) is 10.2 Å². The number of aromatic nitrogens is 1. The van der Waals surface area contributed by atoms with Crippen molar-refractivity contribution in [3.05, 3.63) is 66.3 Å². The lowest BCUT2D eigenvalue weighted by Gasteiger charge is -1.96. The van der Waals surface area contributed by atoms with Gasteiger partial charge in [-0.25, -0.2) is 0 Å². The molecule has 5 nitrogen and oxygen atoms in total. The molecule has 0 amide bonds. The van der Waals surface area contributed by atoms with E-state index in [1.165, 1.54) is 0 Å². The van der Waals surface area contributed by atoms with E-state index in [0.29, 0.717) is 17.6 Å². The topological polar surface area (TPSA) is 77.8 Å². The van der Waals surface area contributed by atoms with E-state index < -0.39 is 5.78 Å². The quantitative estimate of drug-likeness (QED) is 0.372. The molecule has 2 aromatic rings. The molecule has 1 heterocycles. The van der Waals surface area contributed by atoms with Crippen LogP contribution in [-0.2, 0) is 0 Å². The van der Waals surface area contributed by atoms with E-state index in [2.05, 4.69) is 15.2 Å². The lowest BCUT2D eigenvalue weighted by molar-refractivity contribution is 0.102. The lowest BCUT2D eigenvalue weighted by Crippen LogP contribution is -2.01. The molecule has 0 atom stereocenters. The number of aromatic amines is 1. The van der Waals surface area contributed by atoms with E-state index in [1.807, 2.05) is 18.2 Å². The second-order valence-corrected chi connectivity index (χ2v) is 3.46. The van der Waals surface area contributed by atoms with E-state index in [-0.39, 0.29) is 5.70 Å². The molecular weight excluding hydrogens is 230 g/mol. The number of hydrogen-bond donors (Lipinski definition) is 2. The van der Waals surface area contributed by atoms with Crippen LogP contribution in [0.15, 0.2) is 70.8 Å². The van der Waals surface area contributed by atoms with Crippen molar-refractivity contribution in [2.75, 3.05) is 0 Å². The van der Waals surface area contributed by atoms with Crippen LogP contribution in [-0.4, -0.2) is 15.9 Å². The first kappa shape index (κ1) is 11.8. The van der Waals surface area contributed by atoms with Gasteiger partial charge < -0.3 is 10.1 Å². The molecule has 2 rings (SSSR count). The number of azo groups is 1. The van der Waals surface area contributed by atoms with E-state index in [1.54, 1.807) is 30.5 Å². The van der Waals surface area contributed by atoms with Gasteiger partial charge in [-0.2, -0.15) is 5.11 Å². The van der Waals surface area contributed by atoms with Crippen LogP contribution < -0.4 is 0 Å². The van der Waals surface area contributed by atoms with Crippen LogP contribution in [0.2, 0.25) is 0 Å². The van der Waals surface area contributed by atoms with Crippen LogP contribution in [0.4, 0.5) is 5.69 Å². The van der Waals surface area contributed by atoms with E-state index in [9.17, 15) is 4.79 Å². The molecule has 0 saturated heterocycles. The summed E-state index contributed by atoms with van der Waals surface area (Å²) in [5.74, 6) is -0.415. The van der Waals surface area contributed by atoms with Gasteiger partial charge in [0.2, 0.25) is 5.78 Å². The number of hydrogen-bond acceptors (Lipinski definition) is 4. The molecule has 18 heavy (non-hydrogen) atoms. The zero-order chi connectivity index (χ0) is 12.8. The summed E-state index contributed by atoms with van der Waals surface area (Å²) >= 11 is 0. The smallest absolute Gasteiger partial charge is 0.232 e. The van der Waals surface area contributed by atoms with Gasteiger partial charge in [-0.3, -0.25) is 4.79 Å². The molecule has 0 saturated carbocycles. The molecular formula is C13H11N3O2. The fourth-order valence-electron chi connectivity index (χ4n) is 1.35. The number of carbonyl (C=O) groups is 1. The molecule has 0 radical (unpaired) electrons. The van der Waals surface area contributed by atoms with Gasteiger partial charge in [0.05, 0.1) is 11.4 Å². The molecule has 90 valence electrons. The van der Waals surface area contributed by atoms with E-state index in [4.69, 9.17) is 5.11 Å². The number of nitrogens with one attached hydrogen (secondary N) is 1. The first-order valence-corrected chi connectivity index (χ1v) is 5.30. The Morgan fingerprint density at radius 2 is 1.94 bits per heavy atom. The van der Waals surface area contributed by atoms with Gasteiger partial charge >= 0.3 is 0 Å². The molecule has 5 heteroatoms. The van der Waals surface area contributed by atoms with Gasteiger partial charge in [-0.1, -0.05) is 18.2 Å². The summed E-state index contributed by atoms with van der Waals surface area (Å²) in [6.07, 6.45) is 2.27. The van der Waals surface area contributed by atoms with Crippen molar-refractivity contribution in [3.8, 4) is 0 Å². The Balaban J connectivity index is 2.16. The number of allylic oxidation sites excluding steroid dienone is 1. The standard InChI is InChI=1S/C13H11N3O2/c17-9-12(13(18)11-7-4-8-14-11)16-15-10-5-2-1-3-6-10/h1-9,14,17H/b12-9-,16-15?. The van der Waals surface area contributed by atoms with Crippen molar-refractivity contribution < 1.29 is 9.90 Å². The third-order valence-corrected chi connectivity index (χ3v) is 2.23. The highest BCUT2D eigenvalue weighted by molar-refractivity contribution is 6.06. The zero-order valence-electron chi connectivity index (χ0n) is 9.45. The van der Waals surface area contributed by atoms with Crippen molar-refractivity contribution in [1.29, 1.82) is 0 Å².